The highest BCUT2D eigenvalue weighted by atomic mass is 16.2. The molecule has 7 nitrogen and oxygen atoms in total. The standard InChI is InChI=1S/C19H28N6O/c1-20-18(23(2)15-16-9-4-3-5-10-16)21-12-8-14-25-19(26)24-13-7-6-11-17(24)22-25/h3-5,9-10H,6-8,11-15H2,1-2H3,(H,20,21). The van der Waals surface area contributed by atoms with Gasteiger partial charge in [0.1, 0.15) is 5.82 Å². The van der Waals surface area contributed by atoms with Crippen LogP contribution in [-0.2, 0) is 26.1 Å². The van der Waals surface area contributed by atoms with Crippen LogP contribution in [0.25, 0.3) is 0 Å². The summed E-state index contributed by atoms with van der Waals surface area (Å²) in [4.78, 5) is 18.8. The average molecular weight is 356 g/mol. The number of guanidine groups is 1. The van der Waals surface area contributed by atoms with E-state index in [1.54, 1.807) is 11.7 Å². The van der Waals surface area contributed by atoms with E-state index in [2.05, 4.69) is 32.4 Å². The van der Waals surface area contributed by atoms with Gasteiger partial charge < -0.3 is 10.2 Å². The highest BCUT2D eigenvalue weighted by Gasteiger charge is 2.16. The van der Waals surface area contributed by atoms with Crippen LogP contribution >= 0.6 is 0 Å². The molecule has 0 radical (unpaired) electrons. The average Bonchev–Trinajstić information content (AvgIpc) is 2.99. The van der Waals surface area contributed by atoms with E-state index in [1.807, 2.05) is 29.8 Å². The minimum atomic E-state index is 0.0327. The molecule has 0 atom stereocenters. The lowest BCUT2D eigenvalue weighted by Gasteiger charge is -2.22. The van der Waals surface area contributed by atoms with Gasteiger partial charge in [0.25, 0.3) is 0 Å². The largest absolute Gasteiger partial charge is 0.356 e. The number of aromatic nitrogens is 3. The van der Waals surface area contributed by atoms with Crippen LogP contribution < -0.4 is 11.0 Å². The Labute approximate surface area is 154 Å². The number of nitrogens with one attached hydrogen (secondary N) is 1. The number of hydrogen-bond acceptors (Lipinski definition) is 3. The van der Waals surface area contributed by atoms with Crippen molar-refractivity contribution in [2.75, 3.05) is 20.6 Å². The highest BCUT2D eigenvalue weighted by molar-refractivity contribution is 5.79. The van der Waals surface area contributed by atoms with E-state index in [9.17, 15) is 4.79 Å². The van der Waals surface area contributed by atoms with E-state index >= 15 is 0 Å². The summed E-state index contributed by atoms with van der Waals surface area (Å²) in [5.74, 6) is 1.79. The van der Waals surface area contributed by atoms with Crippen molar-refractivity contribution < 1.29 is 0 Å². The SMILES string of the molecule is CN=C(NCCCn1nc2n(c1=O)CCCC2)N(C)Cc1ccccc1. The zero-order valence-corrected chi connectivity index (χ0v) is 15.7. The first-order valence-corrected chi connectivity index (χ1v) is 9.31. The number of hydrogen-bond donors (Lipinski definition) is 1. The maximum atomic E-state index is 12.3. The Hall–Kier alpha value is -2.57. The quantitative estimate of drug-likeness (QED) is 0.484. The van der Waals surface area contributed by atoms with Gasteiger partial charge in [-0.2, -0.15) is 5.10 Å². The molecule has 1 N–H and O–H groups in total. The van der Waals surface area contributed by atoms with Crippen molar-refractivity contribution in [3.05, 3.63) is 52.2 Å². The predicted molar refractivity (Wildman–Crippen MR) is 103 cm³/mol. The van der Waals surface area contributed by atoms with Gasteiger partial charge >= 0.3 is 5.69 Å². The molecule has 0 fully saturated rings. The van der Waals surface area contributed by atoms with Crippen LogP contribution in [0.2, 0.25) is 0 Å². The van der Waals surface area contributed by atoms with E-state index in [0.29, 0.717) is 6.54 Å². The molecule has 2 aromatic rings. The van der Waals surface area contributed by atoms with Gasteiger partial charge in [0.2, 0.25) is 0 Å². The van der Waals surface area contributed by atoms with E-state index in [4.69, 9.17) is 0 Å². The highest BCUT2D eigenvalue weighted by Crippen LogP contribution is 2.09. The number of fused-ring (bicyclic) bond motifs is 1. The maximum Gasteiger partial charge on any atom is 0.345 e. The lowest BCUT2D eigenvalue weighted by Crippen LogP contribution is -2.39. The summed E-state index contributed by atoms with van der Waals surface area (Å²) in [5.41, 5.74) is 1.28. The number of nitrogens with zero attached hydrogens (tertiary/aromatic N) is 5. The molecule has 0 bridgehead atoms. The summed E-state index contributed by atoms with van der Waals surface area (Å²) in [7, 11) is 3.81. The van der Waals surface area contributed by atoms with Gasteiger partial charge in [0, 0.05) is 46.7 Å². The van der Waals surface area contributed by atoms with Crippen molar-refractivity contribution in [3.8, 4) is 0 Å². The molecule has 140 valence electrons. The molecular weight excluding hydrogens is 328 g/mol. The maximum absolute atomic E-state index is 12.3. The van der Waals surface area contributed by atoms with Crippen LogP contribution in [0.15, 0.2) is 40.1 Å². The third kappa shape index (κ3) is 4.33. The lowest BCUT2D eigenvalue weighted by atomic mass is 10.2. The smallest absolute Gasteiger partial charge is 0.345 e. The van der Waals surface area contributed by atoms with E-state index < -0.39 is 0 Å². The second-order valence-electron chi connectivity index (χ2n) is 6.70. The summed E-state index contributed by atoms with van der Waals surface area (Å²) in [6.07, 6.45) is 3.94. The molecule has 0 aliphatic carbocycles. The fourth-order valence-corrected chi connectivity index (χ4v) is 3.34. The van der Waals surface area contributed by atoms with Gasteiger partial charge in [0.05, 0.1) is 0 Å². The van der Waals surface area contributed by atoms with Crippen LogP contribution in [0.1, 0.15) is 30.7 Å². The van der Waals surface area contributed by atoms with Crippen molar-refractivity contribution in [2.45, 2.75) is 45.3 Å². The topological polar surface area (TPSA) is 67.5 Å². The zero-order chi connectivity index (χ0) is 18.4. The second kappa shape index (κ2) is 8.69. The second-order valence-corrected chi connectivity index (χ2v) is 6.70. The van der Waals surface area contributed by atoms with Crippen molar-refractivity contribution >= 4 is 5.96 Å². The van der Waals surface area contributed by atoms with Gasteiger partial charge in [-0.05, 0) is 24.8 Å². The molecule has 1 aliphatic rings. The van der Waals surface area contributed by atoms with Gasteiger partial charge in [-0.15, -0.1) is 0 Å². The minimum absolute atomic E-state index is 0.0327. The van der Waals surface area contributed by atoms with Crippen LogP contribution in [-0.4, -0.2) is 45.8 Å². The Kier molecular flexibility index (Phi) is 6.09. The number of benzene rings is 1. The summed E-state index contributed by atoms with van der Waals surface area (Å²) >= 11 is 0. The molecule has 26 heavy (non-hydrogen) atoms. The summed E-state index contributed by atoms with van der Waals surface area (Å²) in [6.45, 7) is 2.99. The van der Waals surface area contributed by atoms with Crippen LogP contribution in [0.5, 0.6) is 0 Å². The third-order valence-corrected chi connectivity index (χ3v) is 4.70. The van der Waals surface area contributed by atoms with Crippen LogP contribution in [0, 0.1) is 0 Å². The molecule has 3 rings (SSSR count). The molecule has 0 saturated heterocycles. The molecule has 1 aromatic carbocycles. The first-order valence-electron chi connectivity index (χ1n) is 9.31. The monoisotopic (exact) mass is 356 g/mol. The molecule has 2 heterocycles. The molecule has 0 unspecified atom stereocenters. The number of rotatable bonds is 6. The third-order valence-electron chi connectivity index (χ3n) is 4.70. The summed E-state index contributed by atoms with van der Waals surface area (Å²) in [5, 5.41) is 7.84. The van der Waals surface area contributed by atoms with Gasteiger partial charge in [-0.3, -0.25) is 9.56 Å². The Morgan fingerprint density at radius 1 is 1.31 bits per heavy atom. The Bertz CT molecular complexity index is 792. The van der Waals surface area contributed by atoms with E-state index in [-0.39, 0.29) is 5.69 Å². The molecule has 0 amide bonds. The first-order chi connectivity index (χ1) is 12.7. The molecule has 1 aliphatic heterocycles. The molecule has 0 saturated carbocycles. The minimum Gasteiger partial charge on any atom is -0.356 e. The summed E-state index contributed by atoms with van der Waals surface area (Å²) in [6, 6.07) is 10.3. The molecule has 0 spiro atoms. The fraction of sp³-hybridized carbons (Fsp3) is 0.526. The number of aliphatic imine (C=N–C) groups is 1. The molecule has 1 aromatic heterocycles. The fourth-order valence-electron chi connectivity index (χ4n) is 3.34. The van der Waals surface area contributed by atoms with Gasteiger partial charge in [-0.1, -0.05) is 30.3 Å². The first kappa shape index (κ1) is 18.2. The van der Waals surface area contributed by atoms with Crippen molar-refractivity contribution in [2.24, 2.45) is 4.99 Å². The van der Waals surface area contributed by atoms with Crippen LogP contribution in [0.4, 0.5) is 0 Å². The normalized spacial score (nSPS) is 14.2. The Morgan fingerprint density at radius 2 is 2.12 bits per heavy atom. The van der Waals surface area contributed by atoms with E-state index in [0.717, 1.165) is 57.1 Å². The van der Waals surface area contributed by atoms with Gasteiger partial charge in [0.15, 0.2) is 5.96 Å². The number of aryl methyl sites for hydroxylation is 2. The Morgan fingerprint density at radius 3 is 2.85 bits per heavy atom. The van der Waals surface area contributed by atoms with Crippen LogP contribution in [0.3, 0.4) is 0 Å². The van der Waals surface area contributed by atoms with Crippen molar-refractivity contribution in [1.29, 1.82) is 0 Å². The van der Waals surface area contributed by atoms with Crippen molar-refractivity contribution in [3.63, 3.8) is 0 Å². The van der Waals surface area contributed by atoms with Gasteiger partial charge in [-0.25, -0.2) is 9.48 Å². The Balaban J connectivity index is 1.48. The van der Waals surface area contributed by atoms with E-state index in [1.165, 1.54) is 5.56 Å². The summed E-state index contributed by atoms with van der Waals surface area (Å²) < 4.78 is 3.43. The zero-order valence-electron chi connectivity index (χ0n) is 15.7. The molecular formula is C19H28N6O. The van der Waals surface area contributed by atoms with Crippen molar-refractivity contribution in [1.82, 2.24) is 24.6 Å². The lowest BCUT2D eigenvalue weighted by molar-refractivity contribution is 0.469. The predicted octanol–water partition coefficient (Wildman–Crippen LogP) is 1.48. The molecule has 7 heteroatoms.